The Labute approximate surface area is 248 Å². The number of likely N-dealkylation sites (tertiary alicyclic amines) is 1. The normalized spacial score (nSPS) is 14.3. The minimum Gasteiger partial charge on any atom is -0.354 e. The molecule has 0 amide bonds. The molecule has 1 saturated heterocycles. The van der Waals surface area contributed by atoms with Gasteiger partial charge in [0.25, 0.3) is 5.56 Å². The van der Waals surface area contributed by atoms with Crippen LogP contribution in [0.1, 0.15) is 29.5 Å². The first-order chi connectivity index (χ1) is 20.5. The molecule has 0 unspecified atom stereocenters. The number of hydrogen-bond acceptors (Lipinski definition) is 6. The third-order valence-corrected chi connectivity index (χ3v) is 7.98. The number of anilines is 2. The summed E-state index contributed by atoms with van der Waals surface area (Å²) in [7, 11) is 0. The van der Waals surface area contributed by atoms with E-state index in [1.807, 2.05) is 54.6 Å². The first-order valence-electron chi connectivity index (χ1n) is 14.3. The Balaban J connectivity index is 1.000. The maximum Gasteiger partial charge on any atom is 0.255 e. The molecule has 1 fully saturated rings. The number of piperidine rings is 1. The van der Waals surface area contributed by atoms with Crippen molar-refractivity contribution in [2.45, 2.75) is 31.8 Å². The van der Waals surface area contributed by atoms with Crippen molar-refractivity contribution in [1.29, 1.82) is 0 Å². The minimum absolute atomic E-state index is 0.139. The molecule has 8 nitrogen and oxygen atoms in total. The monoisotopic (exact) mass is 585 g/mol. The zero-order chi connectivity index (χ0) is 28.9. The van der Waals surface area contributed by atoms with Crippen molar-refractivity contribution in [3.63, 3.8) is 0 Å². The number of benzene rings is 3. The molecular weight excluding hydrogens is 553 g/mol. The average molecular weight is 586 g/mol. The van der Waals surface area contributed by atoms with Gasteiger partial charge in [-0.25, -0.2) is 14.4 Å². The summed E-state index contributed by atoms with van der Waals surface area (Å²) in [6.07, 6.45) is 4.13. The second-order valence-electron chi connectivity index (χ2n) is 10.7. The average Bonchev–Trinajstić information content (AvgIpc) is 3.34. The van der Waals surface area contributed by atoms with E-state index in [9.17, 15) is 9.18 Å². The first kappa shape index (κ1) is 27.9. The summed E-state index contributed by atoms with van der Waals surface area (Å²) in [5.74, 6) is 1.09. The third-order valence-electron chi connectivity index (χ3n) is 7.73. The zero-order valence-electron chi connectivity index (χ0n) is 23.2. The lowest BCUT2D eigenvalue weighted by Crippen LogP contribution is -2.41. The molecule has 5 aromatic rings. The van der Waals surface area contributed by atoms with Crippen LogP contribution in [-0.4, -0.2) is 56.6 Å². The van der Waals surface area contributed by atoms with Gasteiger partial charge in [-0.15, -0.1) is 0 Å². The van der Waals surface area contributed by atoms with E-state index < -0.39 is 0 Å². The van der Waals surface area contributed by atoms with E-state index in [0.29, 0.717) is 42.1 Å². The number of nitrogens with one attached hydrogen (secondary N) is 3. The van der Waals surface area contributed by atoms with Crippen molar-refractivity contribution < 1.29 is 4.39 Å². The van der Waals surface area contributed by atoms with Crippen molar-refractivity contribution in [3.05, 3.63) is 117 Å². The third kappa shape index (κ3) is 6.80. The summed E-state index contributed by atoms with van der Waals surface area (Å²) in [5, 5.41) is 7.61. The van der Waals surface area contributed by atoms with Gasteiger partial charge >= 0.3 is 0 Å². The Morgan fingerprint density at radius 3 is 2.48 bits per heavy atom. The number of hydrogen-bond donors (Lipinski definition) is 3. The minimum atomic E-state index is -0.234. The Bertz CT molecular complexity index is 1690. The highest BCUT2D eigenvalue weighted by Gasteiger charge is 2.21. The molecule has 0 spiro atoms. The highest BCUT2D eigenvalue weighted by molar-refractivity contribution is 6.30. The molecule has 3 N–H and O–H groups in total. The predicted molar refractivity (Wildman–Crippen MR) is 166 cm³/mol. The summed E-state index contributed by atoms with van der Waals surface area (Å²) < 4.78 is 15.6. The molecule has 42 heavy (non-hydrogen) atoms. The van der Waals surface area contributed by atoms with Crippen molar-refractivity contribution >= 4 is 34.5 Å². The molecular formula is C32H33ClFN7O. The van der Waals surface area contributed by atoms with Gasteiger partial charge in [0.2, 0.25) is 11.9 Å². The molecule has 3 heterocycles. The predicted octanol–water partition coefficient (Wildman–Crippen LogP) is 5.54. The van der Waals surface area contributed by atoms with Crippen LogP contribution in [0.3, 0.4) is 0 Å². The van der Waals surface area contributed by atoms with Gasteiger partial charge in [-0.3, -0.25) is 9.78 Å². The number of aromatic nitrogens is 4. The smallest absolute Gasteiger partial charge is 0.255 e. The number of halogens is 2. The van der Waals surface area contributed by atoms with Gasteiger partial charge in [-0.1, -0.05) is 48.0 Å². The summed E-state index contributed by atoms with van der Waals surface area (Å²) in [6.45, 7) is 4.08. The lowest BCUT2D eigenvalue weighted by atomic mass is 10.1. The maximum atomic E-state index is 13.4. The van der Waals surface area contributed by atoms with Gasteiger partial charge in [-0.2, -0.15) is 0 Å². The van der Waals surface area contributed by atoms with E-state index in [1.165, 1.54) is 12.1 Å². The summed E-state index contributed by atoms with van der Waals surface area (Å²) in [4.78, 5) is 27.1. The molecule has 3 aromatic carbocycles. The zero-order valence-corrected chi connectivity index (χ0v) is 23.9. The van der Waals surface area contributed by atoms with Crippen LogP contribution in [0, 0.1) is 5.82 Å². The highest BCUT2D eigenvalue weighted by atomic mass is 35.5. The van der Waals surface area contributed by atoms with Crippen molar-refractivity contribution in [2.75, 3.05) is 36.8 Å². The van der Waals surface area contributed by atoms with Crippen LogP contribution in [0.2, 0.25) is 5.02 Å². The number of para-hydroxylation sites is 2. The van der Waals surface area contributed by atoms with Crippen LogP contribution in [0.4, 0.5) is 16.3 Å². The second-order valence-corrected chi connectivity index (χ2v) is 11.1. The number of aromatic amines is 1. The van der Waals surface area contributed by atoms with Crippen LogP contribution in [0.15, 0.2) is 83.8 Å². The van der Waals surface area contributed by atoms with Gasteiger partial charge in [0, 0.05) is 55.4 Å². The molecule has 6 rings (SSSR count). The number of rotatable bonds is 10. The Hall–Kier alpha value is -4.21. The van der Waals surface area contributed by atoms with Gasteiger partial charge in [0.1, 0.15) is 5.82 Å². The van der Waals surface area contributed by atoms with Gasteiger partial charge in [-0.05, 0) is 60.4 Å². The summed E-state index contributed by atoms with van der Waals surface area (Å²) in [6, 6.07) is 22.5. The number of nitrogens with zero attached hydrogens (tertiary/aromatic N) is 4. The summed E-state index contributed by atoms with van der Waals surface area (Å²) >= 11 is 5.95. The van der Waals surface area contributed by atoms with Gasteiger partial charge in [0.15, 0.2) is 0 Å². The van der Waals surface area contributed by atoms with E-state index in [0.717, 1.165) is 60.6 Å². The molecule has 0 saturated carbocycles. The second kappa shape index (κ2) is 12.8. The van der Waals surface area contributed by atoms with E-state index >= 15 is 0 Å². The van der Waals surface area contributed by atoms with Crippen LogP contribution in [-0.2, 0) is 13.0 Å². The van der Waals surface area contributed by atoms with Gasteiger partial charge < -0.3 is 20.1 Å². The maximum absolute atomic E-state index is 13.4. The van der Waals surface area contributed by atoms with Crippen LogP contribution in [0.5, 0.6) is 0 Å². The topological polar surface area (TPSA) is 90.9 Å². The number of fused-ring (bicyclic) bond motifs is 1. The SMILES string of the molecule is O=c1[nH]c(NCCN2CCC(Nc3nc4ccccc4n3Cc3ccc(F)cc3)CC2)ncc1Cc1ccc(Cl)cc1. The first-order valence-corrected chi connectivity index (χ1v) is 14.6. The fourth-order valence-electron chi connectivity index (χ4n) is 5.39. The quantitative estimate of drug-likeness (QED) is 0.199. The number of H-pyrrole nitrogens is 1. The molecule has 1 aliphatic rings. The Kier molecular flexibility index (Phi) is 8.48. The fourth-order valence-corrected chi connectivity index (χ4v) is 5.52. The fraction of sp³-hybridized carbons (Fsp3) is 0.281. The van der Waals surface area contributed by atoms with Crippen molar-refractivity contribution in [3.8, 4) is 0 Å². The molecule has 0 bridgehead atoms. The van der Waals surface area contributed by atoms with E-state index in [-0.39, 0.29) is 11.4 Å². The molecule has 1 aliphatic heterocycles. The van der Waals surface area contributed by atoms with E-state index in [2.05, 4.69) is 36.1 Å². The lowest BCUT2D eigenvalue weighted by Gasteiger charge is -2.32. The van der Waals surface area contributed by atoms with Crippen molar-refractivity contribution in [2.24, 2.45) is 0 Å². The standard InChI is InChI=1S/C32H33ClFN7O/c33-25-9-5-22(6-10-25)19-24-20-36-31(39-30(24)42)35-15-18-40-16-13-27(14-17-40)37-32-38-28-3-1-2-4-29(28)41(32)21-23-7-11-26(34)12-8-23/h1-12,20,27H,13-19,21H2,(H,37,38)(H2,35,36,39,42). The molecule has 216 valence electrons. The lowest BCUT2D eigenvalue weighted by molar-refractivity contribution is 0.226. The highest BCUT2D eigenvalue weighted by Crippen LogP contribution is 2.24. The molecule has 0 atom stereocenters. The van der Waals surface area contributed by atoms with Crippen LogP contribution in [0.25, 0.3) is 11.0 Å². The van der Waals surface area contributed by atoms with Gasteiger partial charge in [0.05, 0.1) is 17.6 Å². The van der Waals surface area contributed by atoms with Crippen LogP contribution < -0.4 is 16.2 Å². The molecule has 0 aliphatic carbocycles. The number of imidazole rings is 1. The molecule has 2 aromatic heterocycles. The summed E-state index contributed by atoms with van der Waals surface area (Å²) in [5.41, 5.74) is 4.50. The molecule has 0 radical (unpaired) electrons. The van der Waals surface area contributed by atoms with E-state index in [4.69, 9.17) is 16.6 Å². The van der Waals surface area contributed by atoms with Crippen LogP contribution >= 0.6 is 11.6 Å². The van der Waals surface area contributed by atoms with Crippen molar-refractivity contribution in [1.82, 2.24) is 24.4 Å². The van der Waals surface area contributed by atoms with E-state index in [1.54, 1.807) is 6.20 Å². The Morgan fingerprint density at radius 2 is 1.71 bits per heavy atom. The Morgan fingerprint density at radius 1 is 0.976 bits per heavy atom. The largest absolute Gasteiger partial charge is 0.354 e. The molecule has 10 heteroatoms.